The normalized spacial score (nSPS) is 10.2. The van der Waals surface area contributed by atoms with Crippen LogP contribution in [0.3, 0.4) is 0 Å². The summed E-state index contributed by atoms with van der Waals surface area (Å²) >= 11 is 3.41. The van der Waals surface area contributed by atoms with Gasteiger partial charge in [0, 0.05) is 0 Å². The number of carbonyl (C=O) groups excluding carboxylic acids is 1. The third-order valence-electron chi connectivity index (χ3n) is 2.32. The average molecular weight is 317 g/mol. The molecule has 0 radical (unpaired) electrons. The van der Waals surface area contributed by atoms with Crippen LogP contribution in [0.25, 0.3) is 0 Å². The molecule has 0 aliphatic rings. The number of hydrogen-bond acceptors (Lipinski definition) is 4. The summed E-state index contributed by atoms with van der Waals surface area (Å²) in [7, 11) is 1.56. The minimum absolute atomic E-state index is 0.167. The van der Waals surface area contributed by atoms with Crippen LogP contribution in [0.5, 0.6) is 11.5 Å². The summed E-state index contributed by atoms with van der Waals surface area (Å²) in [5.74, 6) is 0.779. The van der Waals surface area contributed by atoms with E-state index in [1.807, 2.05) is 12.1 Å². The maximum Gasteiger partial charge on any atom is 0.220 e. The average Bonchev–Trinajstić information content (AvgIpc) is 2.31. The Balaban J connectivity index is 2.85. The summed E-state index contributed by atoms with van der Waals surface area (Å²) in [4.78, 5) is 10.7. The summed E-state index contributed by atoms with van der Waals surface area (Å²) in [6.45, 7) is 0.790. The summed E-state index contributed by atoms with van der Waals surface area (Å²) < 4.78 is 11.5. The number of primary amides is 1. The number of carbonyl (C=O) groups is 1. The second-order valence-electron chi connectivity index (χ2n) is 3.71. The van der Waals surface area contributed by atoms with Gasteiger partial charge in [0.1, 0.15) is 0 Å². The highest BCUT2D eigenvalue weighted by molar-refractivity contribution is 9.10. The fraction of sp³-hybridized carbons (Fsp3) is 0.417. The van der Waals surface area contributed by atoms with Crippen LogP contribution in [0.4, 0.5) is 0 Å². The minimum Gasteiger partial charge on any atom is -0.493 e. The highest BCUT2D eigenvalue weighted by Gasteiger charge is 2.11. The van der Waals surface area contributed by atoms with Gasteiger partial charge in [-0.2, -0.15) is 0 Å². The van der Waals surface area contributed by atoms with Crippen LogP contribution in [-0.4, -0.2) is 26.2 Å². The molecule has 5 nitrogen and oxygen atoms in total. The van der Waals surface area contributed by atoms with Gasteiger partial charge in [-0.1, -0.05) is 0 Å². The highest BCUT2D eigenvalue weighted by Crippen LogP contribution is 2.36. The van der Waals surface area contributed by atoms with Gasteiger partial charge >= 0.3 is 0 Å². The molecule has 100 valence electrons. The third kappa shape index (κ3) is 4.19. The van der Waals surface area contributed by atoms with Crippen molar-refractivity contribution in [1.82, 2.24) is 0 Å². The van der Waals surface area contributed by atoms with Gasteiger partial charge in [0.2, 0.25) is 5.91 Å². The Bertz CT molecular complexity index is 424. The first-order valence-electron chi connectivity index (χ1n) is 5.56. The number of hydrogen-bond donors (Lipinski definition) is 2. The topological polar surface area (TPSA) is 87.6 Å². The van der Waals surface area contributed by atoms with Gasteiger partial charge in [-0.05, 0) is 46.6 Å². The van der Waals surface area contributed by atoms with E-state index in [9.17, 15) is 4.79 Å². The van der Waals surface area contributed by atoms with Gasteiger partial charge < -0.3 is 20.9 Å². The lowest BCUT2D eigenvalue weighted by atomic mass is 10.1. The molecule has 1 aromatic rings. The smallest absolute Gasteiger partial charge is 0.220 e. The summed E-state index contributed by atoms with van der Waals surface area (Å²) in [5.41, 5.74) is 11.6. The fourth-order valence-corrected chi connectivity index (χ4v) is 2.08. The van der Waals surface area contributed by atoms with Gasteiger partial charge in [-0.3, -0.25) is 4.79 Å². The number of nitrogens with two attached hydrogens (primary N) is 2. The number of rotatable bonds is 7. The maximum absolute atomic E-state index is 10.7. The Morgan fingerprint density at radius 3 is 2.72 bits per heavy atom. The molecule has 0 fully saturated rings. The van der Waals surface area contributed by atoms with Crippen LogP contribution in [0, 0.1) is 0 Å². The summed E-state index contributed by atoms with van der Waals surface area (Å²) in [6, 6.07) is 3.80. The zero-order chi connectivity index (χ0) is 13.5. The zero-order valence-electron chi connectivity index (χ0n) is 10.2. The first-order valence-corrected chi connectivity index (χ1v) is 6.35. The molecule has 0 spiro atoms. The summed E-state index contributed by atoms with van der Waals surface area (Å²) in [5, 5.41) is 0. The molecule has 18 heavy (non-hydrogen) atoms. The van der Waals surface area contributed by atoms with Crippen molar-refractivity contribution < 1.29 is 14.3 Å². The Morgan fingerprint density at radius 1 is 1.44 bits per heavy atom. The lowest BCUT2D eigenvalue weighted by Crippen LogP contribution is -2.15. The van der Waals surface area contributed by atoms with E-state index < -0.39 is 5.91 Å². The first-order chi connectivity index (χ1) is 8.58. The van der Waals surface area contributed by atoms with Crippen LogP contribution < -0.4 is 20.9 Å². The predicted molar refractivity (Wildman–Crippen MR) is 72.8 cm³/mol. The molecule has 0 saturated carbocycles. The molecule has 4 N–H and O–H groups in total. The second kappa shape index (κ2) is 7.23. The number of amides is 1. The third-order valence-corrected chi connectivity index (χ3v) is 2.91. The van der Waals surface area contributed by atoms with Gasteiger partial charge in [-0.15, -0.1) is 0 Å². The van der Waals surface area contributed by atoms with E-state index in [1.54, 1.807) is 7.11 Å². The lowest BCUT2D eigenvalue weighted by molar-refractivity contribution is -0.118. The van der Waals surface area contributed by atoms with E-state index in [2.05, 4.69) is 15.9 Å². The molecule has 0 bridgehead atoms. The monoisotopic (exact) mass is 316 g/mol. The Kier molecular flexibility index (Phi) is 5.94. The fourth-order valence-electron chi connectivity index (χ4n) is 1.48. The summed E-state index contributed by atoms with van der Waals surface area (Å²) in [6.07, 6.45) is 0.927. The van der Waals surface area contributed by atoms with Crippen LogP contribution in [-0.2, 0) is 11.2 Å². The number of ether oxygens (including phenoxy) is 2. The molecule has 0 unspecified atom stereocenters. The van der Waals surface area contributed by atoms with Gasteiger partial charge in [0.25, 0.3) is 0 Å². The van der Waals surface area contributed by atoms with Crippen LogP contribution >= 0.6 is 15.9 Å². The molecule has 0 aliphatic heterocycles. The molecule has 1 rings (SSSR count). The number of methoxy groups -OCH3 is 1. The van der Waals surface area contributed by atoms with Crippen molar-refractivity contribution in [2.24, 2.45) is 11.5 Å². The first kappa shape index (κ1) is 14.8. The van der Waals surface area contributed by atoms with E-state index in [0.717, 1.165) is 16.5 Å². The van der Waals surface area contributed by atoms with Crippen molar-refractivity contribution in [2.75, 3.05) is 20.3 Å². The van der Waals surface area contributed by atoms with E-state index in [4.69, 9.17) is 20.9 Å². The van der Waals surface area contributed by atoms with Crippen molar-refractivity contribution >= 4 is 21.8 Å². The Morgan fingerprint density at radius 2 is 2.17 bits per heavy atom. The van der Waals surface area contributed by atoms with Crippen molar-refractivity contribution in [3.05, 3.63) is 22.2 Å². The van der Waals surface area contributed by atoms with Crippen LogP contribution in [0.2, 0.25) is 0 Å². The molecule has 6 heteroatoms. The molecule has 1 amide bonds. The van der Waals surface area contributed by atoms with Crippen LogP contribution in [0.1, 0.15) is 12.0 Å². The van der Waals surface area contributed by atoms with Gasteiger partial charge in [-0.25, -0.2) is 0 Å². The number of halogens is 1. The van der Waals surface area contributed by atoms with Gasteiger partial charge in [0.05, 0.1) is 24.6 Å². The zero-order valence-corrected chi connectivity index (χ0v) is 11.8. The lowest BCUT2D eigenvalue weighted by Gasteiger charge is -2.13. The van der Waals surface area contributed by atoms with Gasteiger partial charge in [0.15, 0.2) is 11.5 Å². The van der Waals surface area contributed by atoms with Crippen molar-refractivity contribution in [2.45, 2.75) is 12.8 Å². The molecule has 0 atom stereocenters. The standard InChI is InChI=1S/C12H17BrN2O3/c1-17-10-7-8(2-4-14)6-9(13)12(10)18-5-3-11(15)16/h6-7H,2-5,14H2,1H3,(H2,15,16). The Labute approximate surface area is 115 Å². The molecular weight excluding hydrogens is 300 g/mol. The number of benzene rings is 1. The molecule has 1 aromatic carbocycles. The predicted octanol–water partition coefficient (Wildman–Crippen LogP) is 1.21. The molecule has 0 aromatic heterocycles. The SMILES string of the molecule is COc1cc(CCN)cc(Br)c1OCCC(N)=O. The minimum atomic E-state index is -0.398. The molecule has 0 aliphatic carbocycles. The Hall–Kier alpha value is -1.27. The van der Waals surface area contributed by atoms with Crippen molar-refractivity contribution in [3.63, 3.8) is 0 Å². The van der Waals surface area contributed by atoms with Crippen molar-refractivity contribution in [3.8, 4) is 11.5 Å². The molecular formula is C12H17BrN2O3. The van der Waals surface area contributed by atoms with E-state index in [-0.39, 0.29) is 13.0 Å². The maximum atomic E-state index is 10.7. The second-order valence-corrected chi connectivity index (χ2v) is 4.57. The van der Waals surface area contributed by atoms with Crippen molar-refractivity contribution in [1.29, 1.82) is 0 Å². The van der Waals surface area contributed by atoms with E-state index in [0.29, 0.717) is 18.0 Å². The van der Waals surface area contributed by atoms with E-state index >= 15 is 0 Å². The molecule has 0 saturated heterocycles. The van der Waals surface area contributed by atoms with Crippen LogP contribution in [0.15, 0.2) is 16.6 Å². The van der Waals surface area contributed by atoms with E-state index in [1.165, 1.54) is 0 Å². The quantitative estimate of drug-likeness (QED) is 0.791. The highest BCUT2D eigenvalue weighted by atomic mass is 79.9. The largest absolute Gasteiger partial charge is 0.493 e. The molecule has 0 heterocycles.